The molecule has 0 saturated carbocycles. The van der Waals surface area contributed by atoms with E-state index >= 15 is 0 Å². The lowest BCUT2D eigenvalue weighted by Gasteiger charge is -2.30. The molecule has 1 aliphatic heterocycles. The molecule has 1 atom stereocenters. The monoisotopic (exact) mass is 285 g/mol. The third kappa shape index (κ3) is 2.30. The summed E-state index contributed by atoms with van der Waals surface area (Å²) >= 11 is 3.25. The normalized spacial score (nSPS) is 26.4. The Labute approximate surface area is 105 Å². The van der Waals surface area contributed by atoms with E-state index in [-0.39, 0.29) is 11.4 Å². The molecular weight excluding hydrogens is 269 g/mol. The zero-order chi connectivity index (χ0) is 11.6. The van der Waals surface area contributed by atoms with Crippen LogP contribution in [-0.4, -0.2) is 6.54 Å². The fourth-order valence-electron chi connectivity index (χ4n) is 2.39. The summed E-state index contributed by atoms with van der Waals surface area (Å²) in [5.41, 5.74) is 0.563. The van der Waals surface area contributed by atoms with Crippen LogP contribution < -0.4 is 5.32 Å². The number of rotatable bonds is 1. The lowest BCUT2D eigenvalue weighted by atomic mass is 9.87. The second-order valence-corrected chi connectivity index (χ2v) is 5.53. The molecule has 1 aromatic carbocycles. The minimum Gasteiger partial charge on any atom is -0.308 e. The second kappa shape index (κ2) is 4.84. The van der Waals surface area contributed by atoms with Crippen molar-refractivity contribution in [2.24, 2.45) is 0 Å². The highest BCUT2D eigenvalue weighted by Crippen LogP contribution is 2.33. The van der Waals surface area contributed by atoms with Crippen LogP contribution in [0.1, 0.15) is 38.2 Å². The Morgan fingerprint density at radius 3 is 2.94 bits per heavy atom. The van der Waals surface area contributed by atoms with Crippen molar-refractivity contribution in [3.05, 3.63) is 34.1 Å². The lowest BCUT2D eigenvalue weighted by molar-refractivity contribution is 0.344. The van der Waals surface area contributed by atoms with Crippen LogP contribution in [0.2, 0.25) is 0 Å². The van der Waals surface area contributed by atoms with E-state index in [0.29, 0.717) is 4.47 Å². The highest BCUT2D eigenvalue weighted by Gasteiger charge is 2.30. The van der Waals surface area contributed by atoms with Crippen LogP contribution in [0, 0.1) is 5.82 Å². The second-order valence-electron chi connectivity index (χ2n) is 4.67. The summed E-state index contributed by atoms with van der Waals surface area (Å²) in [6.07, 6.45) is 4.58. The van der Waals surface area contributed by atoms with Gasteiger partial charge in [0.25, 0.3) is 0 Å². The van der Waals surface area contributed by atoms with Gasteiger partial charge in [0, 0.05) is 11.1 Å². The maximum Gasteiger partial charge on any atom is 0.142 e. The van der Waals surface area contributed by atoms with E-state index in [2.05, 4.69) is 28.2 Å². The van der Waals surface area contributed by atoms with Gasteiger partial charge in [0.05, 0.1) is 4.47 Å². The fraction of sp³-hybridized carbons (Fsp3) is 0.538. The van der Waals surface area contributed by atoms with Crippen molar-refractivity contribution in [1.29, 1.82) is 0 Å². The van der Waals surface area contributed by atoms with Gasteiger partial charge in [0.1, 0.15) is 5.82 Å². The first-order valence-electron chi connectivity index (χ1n) is 5.83. The minimum absolute atomic E-state index is 0.126. The molecule has 16 heavy (non-hydrogen) atoms. The third-order valence-corrected chi connectivity index (χ3v) is 4.03. The summed E-state index contributed by atoms with van der Waals surface area (Å²) in [6, 6.07) is 5.54. The van der Waals surface area contributed by atoms with E-state index in [4.69, 9.17) is 0 Å². The molecule has 2 rings (SSSR count). The predicted molar refractivity (Wildman–Crippen MR) is 67.9 cm³/mol. The van der Waals surface area contributed by atoms with Crippen LogP contribution in [0.3, 0.4) is 0 Å². The highest BCUT2D eigenvalue weighted by atomic mass is 79.9. The number of nitrogens with one attached hydrogen (secondary N) is 1. The standard InChI is InChI=1S/C13H17BrFN/c1-13(8-3-2-4-9-16-13)10-6-5-7-11(14)12(10)15/h5-7,16H,2-4,8-9H2,1H3. The molecule has 1 nitrogen and oxygen atoms in total. The van der Waals surface area contributed by atoms with Crippen molar-refractivity contribution in [1.82, 2.24) is 5.32 Å². The fourth-order valence-corrected chi connectivity index (χ4v) is 2.76. The number of benzene rings is 1. The average molecular weight is 286 g/mol. The van der Waals surface area contributed by atoms with Crippen LogP contribution in [-0.2, 0) is 5.54 Å². The molecule has 1 saturated heterocycles. The van der Waals surface area contributed by atoms with E-state index < -0.39 is 0 Å². The summed E-state index contributed by atoms with van der Waals surface area (Å²) in [5, 5.41) is 3.48. The third-order valence-electron chi connectivity index (χ3n) is 3.41. The van der Waals surface area contributed by atoms with Gasteiger partial charge in [0.15, 0.2) is 0 Å². The molecule has 0 aliphatic carbocycles. The summed E-state index contributed by atoms with van der Waals surface area (Å²) in [7, 11) is 0. The Morgan fingerprint density at radius 2 is 2.12 bits per heavy atom. The van der Waals surface area contributed by atoms with E-state index in [1.807, 2.05) is 12.1 Å². The summed E-state index contributed by atoms with van der Waals surface area (Å²) in [6.45, 7) is 3.08. The molecule has 1 heterocycles. The van der Waals surface area contributed by atoms with Gasteiger partial charge in [-0.3, -0.25) is 0 Å². The SMILES string of the molecule is CC1(c2cccc(Br)c2F)CCCCCN1. The van der Waals surface area contributed by atoms with Gasteiger partial charge in [-0.05, 0) is 48.3 Å². The maximum atomic E-state index is 14.1. The molecule has 1 fully saturated rings. The van der Waals surface area contributed by atoms with Crippen molar-refractivity contribution in [2.75, 3.05) is 6.54 Å². The van der Waals surface area contributed by atoms with Crippen molar-refractivity contribution in [3.63, 3.8) is 0 Å². The van der Waals surface area contributed by atoms with E-state index in [1.54, 1.807) is 6.07 Å². The van der Waals surface area contributed by atoms with Crippen molar-refractivity contribution < 1.29 is 4.39 Å². The zero-order valence-corrected chi connectivity index (χ0v) is 11.1. The topological polar surface area (TPSA) is 12.0 Å². The van der Waals surface area contributed by atoms with E-state index in [1.165, 1.54) is 12.8 Å². The molecular formula is C13H17BrFN. The van der Waals surface area contributed by atoms with Crippen molar-refractivity contribution in [2.45, 2.75) is 38.1 Å². The molecule has 0 radical (unpaired) electrons. The van der Waals surface area contributed by atoms with Crippen molar-refractivity contribution >= 4 is 15.9 Å². The van der Waals surface area contributed by atoms with Crippen LogP contribution >= 0.6 is 15.9 Å². The maximum absolute atomic E-state index is 14.1. The lowest BCUT2D eigenvalue weighted by Crippen LogP contribution is -2.39. The van der Waals surface area contributed by atoms with E-state index in [9.17, 15) is 4.39 Å². The zero-order valence-electron chi connectivity index (χ0n) is 9.52. The largest absolute Gasteiger partial charge is 0.308 e. The Balaban J connectivity index is 2.37. The molecule has 1 N–H and O–H groups in total. The van der Waals surface area contributed by atoms with Gasteiger partial charge in [-0.25, -0.2) is 4.39 Å². The number of hydrogen-bond donors (Lipinski definition) is 1. The summed E-state index contributed by atoms with van der Waals surface area (Å²) in [5.74, 6) is -0.126. The Hall–Kier alpha value is -0.410. The van der Waals surface area contributed by atoms with Crippen LogP contribution in [0.25, 0.3) is 0 Å². The molecule has 88 valence electrons. The van der Waals surface area contributed by atoms with Gasteiger partial charge in [0.2, 0.25) is 0 Å². The Bertz CT molecular complexity index is 370. The van der Waals surface area contributed by atoms with Gasteiger partial charge in [-0.15, -0.1) is 0 Å². The smallest absolute Gasteiger partial charge is 0.142 e. The Morgan fingerprint density at radius 1 is 1.31 bits per heavy atom. The molecule has 1 aliphatic rings. The van der Waals surface area contributed by atoms with Crippen molar-refractivity contribution in [3.8, 4) is 0 Å². The molecule has 0 aromatic heterocycles. The highest BCUT2D eigenvalue weighted by molar-refractivity contribution is 9.10. The van der Waals surface area contributed by atoms with Gasteiger partial charge >= 0.3 is 0 Å². The molecule has 0 bridgehead atoms. The first-order valence-corrected chi connectivity index (χ1v) is 6.62. The molecule has 0 spiro atoms. The molecule has 1 aromatic rings. The molecule has 1 unspecified atom stereocenters. The van der Waals surface area contributed by atoms with Crippen LogP contribution in [0.5, 0.6) is 0 Å². The Kier molecular flexibility index (Phi) is 3.65. The average Bonchev–Trinajstić information content (AvgIpc) is 2.48. The number of hydrogen-bond acceptors (Lipinski definition) is 1. The molecule has 3 heteroatoms. The summed E-state index contributed by atoms with van der Waals surface area (Å²) in [4.78, 5) is 0. The molecule has 0 amide bonds. The van der Waals surface area contributed by atoms with Crippen LogP contribution in [0.15, 0.2) is 22.7 Å². The first-order chi connectivity index (χ1) is 7.63. The van der Waals surface area contributed by atoms with E-state index in [0.717, 1.165) is 24.9 Å². The van der Waals surface area contributed by atoms with Gasteiger partial charge in [-0.2, -0.15) is 0 Å². The van der Waals surface area contributed by atoms with Crippen LogP contribution in [0.4, 0.5) is 4.39 Å². The summed E-state index contributed by atoms with van der Waals surface area (Å²) < 4.78 is 14.6. The first kappa shape index (κ1) is 12.1. The van der Waals surface area contributed by atoms with Gasteiger partial charge in [-0.1, -0.05) is 25.0 Å². The number of halogens is 2. The predicted octanol–water partition coefficient (Wildman–Crippen LogP) is 3.97. The quantitative estimate of drug-likeness (QED) is 0.823. The minimum atomic E-state index is -0.218. The van der Waals surface area contributed by atoms with Gasteiger partial charge < -0.3 is 5.32 Å².